The standard InChI is InChI=1S/C26H34N2O4/c1-18(2)20-12-10-19(11-13-20)16-27-25(31)28-14-6-8-22(17-28)21-7-5-9-23(15-21)32-26(3,4)24(29)30/h5,7,9-13,15,18,22H,6,8,14,16-17H2,1-4H3,(H,27,31)(H,29,30)/t22-/m0/s1. The minimum atomic E-state index is -1.30. The van der Waals surface area contributed by atoms with Crippen LogP contribution in [0.1, 0.15) is 69.1 Å². The number of likely N-dealkylation sites (tertiary alicyclic amines) is 1. The van der Waals surface area contributed by atoms with Crippen LogP contribution in [0.5, 0.6) is 5.75 Å². The highest BCUT2D eigenvalue weighted by atomic mass is 16.5. The number of rotatable bonds is 7. The van der Waals surface area contributed by atoms with Crippen LogP contribution in [0.2, 0.25) is 0 Å². The number of carboxylic acid groups (broad SMARTS) is 1. The number of carboxylic acids is 1. The van der Waals surface area contributed by atoms with Crippen molar-refractivity contribution >= 4 is 12.0 Å². The van der Waals surface area contributed by atoms with Crippen LogP contribution in [0.3, 0.4) is 0 Å². The molecule has 1 saturated heterocycles. The molecule has 32 heavy (non-hydrogen) atoms. The van der Waals surface area contributed by atoms with Crippen molar-refractivity contribution in [2.45, 2.75) is 64.5 Å². The number of carbonyl (C=O) groups is 2. The third-order valence-electron chi connectivity index (χ3n) is 6.02. The van der Waals surface area contributed by atoms with Crippen molar-refractivity contribution in [2.24, 2.45) is 0 Å². The fourth-order valence-electron chi connectivity index (χ4n) is 3.91. The zero-order valence-corrected chi connectivity index (χ0v) is 19.4. The van der Waals surface area contributed by atoms with Crippen molar-refractivity contribution < 1.29 is 19.4 Å². The SMILES string of the molecule is CC(C)c1ccc(CNC(=O)N2CCC[C@H](c3cccc(OC(C)(C)C(=O)O)c3)C2)cc1. The molecule has 0 saturated carbocycles. The molecular formula is C26H34N2O4. The van der Waals surface area contributed by atoms with E-state index >= 15 is 0 Å². The van der Waals surface area contributed by atoms with E-state index in [-0.39, 0.29) is 11.9 Å². The first-order valence-corrected chi connectivity index (χ1v) is 11.3. The van der Waals surface area contributed by atoms with E-state index in [2.05, 4.69) is 43.4 Å². The Labute approximate surface area is 190 Å². The molecule has 0 radical (unpaired) electrons. The van der Waals surface area contributed by atoms with Gasteiger partial charge in [-0.1, -0.05) is 50.2 Å². The second-order valence-electron chi connectivity index (χ2n) is 9.33. The van der Waals surface area contributed by atoms with Gasteiger partial charge in [-0.25, -0.2) is 9.59 Å². The molecule has 1 heterocycles. The van der Waals surface area contributed by atoms with Crippen LogP contribution in [0, 0.1) is 0 Å². The number of hydrogen-bond donors (Lipinski definition) is 2. The van der Waals surface area contributed by atoms with Gasteiger partial charge in [-0.3, -0.25) is 0 Å². The molecule has 0 spiro atoms. The summed E-state index contributed by atoms with van der Waals surface area (Å²) in [4.78, 5) is 26.0. The Morgan fingerprint density at radius 3 is 2.56 bits per heavy atom. The van der Waals surface area contributed by atoms with Crippen molar-refractivity contribution in [1.29, 1.82) is 0 Å². The molecule has 1 atom stereocenters. The van der Waals surface area contributed by atoms with Crippen LogP contribution < -0.4 is 10.1 Å². The summed E-state index contributed by atoms with van der Waals surface area (Å²) in [5.74, 6) is 0.197. The third-order valence-corrected chi connectivity index (χ3v) is 6.02. The summed E-state index contributed by atoms with van der Waals surface area (Å²) in [6.07, 6.45) is 1.90. The summed E-state index contributed by atoms with van der Waals surface area (Å²) in [5.41, 5.74) is 2.13. The largest absolute Gasteiger partial charge is 0.478 e. The van der Waals surface area contributed by atoms with Gasteiger partial charge in [-0.15, -0.1) is 0 Å². The van der Waals surface area contributed by atoms with E-state index in [0.717, 1.165) is 30.5 Å². The Hall–Kier alpha value is -3.02. The normalized spacial score (nSPS) is 16.7. The van der Waals surface area contributed by atoms with E-state index in [1.165, 1.54) is 19.4 Å². The van der Waals surface area contributed by atoms with Crippen molar-refractivity contribution in [3.05, 3.63) is 65.2 Å². The average Bonchev–Trinajstić information content (AvgIpc) is 2.77. The van der Waals surface area contributed by atoms with Crippen LogP contribution in [-0.4, -0.2) is 40.7 Å². The van der Waals surface area contributed by atoms with Gasteiger partial charge in [0.2, 0.25) is 0 Å². The van der Waals surface area contributed by atoms with Crippen molar-refractivity contribution in [3.63, 3.8) is 0 Å². The number of nitrogens with zero attached hydrogens (tertiary/aromatic N) is 1. The van der Waals surface area contributed by atoms with E-state index in [9.17, 15) is 14.7 Å². The third kappa shape index (κ3) is 6.02. The zero-order valence-electron chi connectivity index (χ0n) is 19.4. The average molecular weight is 439 g/mol. The molecule has 1 aliphatic heterocycles. The Morgan fingerprint density at radius 1 is 1.19 bits per heavy atom. The molecule has 2 N–H and O–H groups in total. The maximum Gasteiger partial charge on any atom is 0.347 e. The van der Waals surface area contributed by atoms with Crippen LogP contribution >= 0.6 is 0 Å². The van der Waals surface area contributed by atoms with Gasteiger partial charge in [-0.05, 0) is 61.4 Å². The summed E-state index contributed by atoms with van der Waals surface area (Å²) < 4.78 is 5.69. The first-order valence-electron chi connectivity index (χ1n) is 11.3. The number of hydrogen-bond acceptors (Lipinski definition) is 3. The molecule has 0 unspecified atom stereocenters. The van der Waals surface area contributed by atoms with Gasteiger partial charge in [-0.2, -0.15) is 0 Å². The molecule has 0 bridgehead atoms. The van der Waals surface area contributed by atoms with Crippen LogP contribution in [0.4, 0.5) is 4.79 Å². The van der Waals surface area contributed by atoms with Gasteiger partial charge in [0, 0.05) is 25.6 Å². The van der Waals surface area contributed by atoms with E-state index < -0.39 is 11.6 Å². The highest BCUT2D eigenvalue weighted by Gasteiger charge is 2.30. The van der Waals surface area contributed by atoms with E-state index in [1.54, 1.807) is 6.07 Å². The number of ether oxygens (including phenoxy) is 1. The lowest BCUT2D eigenvalue weighted by Gasteiger charge is -2.33. The minimum Gasteiger partial charge on any atom is -0.478 e. The number of amides is 2. The molecule has 1 aliphatic rings. The monoisotopic (exact) mass is 438 g/mol. The lowest BCUT2D eigenvalue weighted by Crippen LogP contribution is -2.44. The number of urea groups is 1. The van der Waals surface area contributed by atoms with Crippen molar-refractivity contribution in [1.82, 2.24) is 10.2 Å². The van der Waals surface area contributed by atoms with E-state index in [1.807, 2.05) is 23.1 Å². The summed E-state index contributed by atoms with van der Waals surface area (Å²) in [7, 11) is 0. The van der Waals surface area contributed by atoms with Crippen LogP contribution in [0.25, 0.3) is 0 Å². The molecular weight excluding hydrogens is 404 g/mol. The maximum absolute atomic E-state index is 12.8. The van der Waals surface area contributed by atoms with Gasteiger partial charge in [0.25, 0.3) is 0 Å². The lowest BCUT2D eigenvalue weighted by atomic mass is 9.90. The topological polar surface area (TPSA) is 78.9 Å². The molecule has 0 aliphatic carbocycles. The minimum absolute atomic E-state index is 0.0537. The Morgan fingerprint density at radius 2 is 1.91 bits per heavy atom. The predicted octanol–water partition coefficient (Wildman–Crippen LogP) is 5.14. The summed E-state index contributed by atoms with van der Waals surface area (Å²) in [5, 5.41) is 12.4. The van der Waals surface area contributed by atoms with Gasteiger partial charge >= 0.3 is 12.0 Å². The number of aliphatic carboxylic acids is 1. The summed E-state index contributed by atoms with van der Waals surface area (Å²) >= 11 is 0. The first-order chi connectivity index (χ1) is 15.2. The Bertz CT molecular complexity index is 937. The number of nitrogens with one attached hydrogen (secondary N) is 1. The molecule has 0 aromatic heterocycles. The fourth-order valence-corrected chi connectivity index (χ4v) is 3.91. The fraction of sp³-hybridized carbons (Fsp3) is 0.462. The van der Waals surface area contributed by atoms with Crippen LogP contribution in [0.15, 0.2) is 48.5 Å². The number of benzene rings is 2. The molecule has 172 valence electrons. The smallest absolute Gasteiger partial charge is 0.347 e. The Balaban J connectivity index is 1.59. The highest BCUT2D eigenvalue weighted by molar-refractivity contribution is 5.76. The first kappa shape index (κ1) is 23.6. The molecule has 2 amide bonds. The highest BCUT2D eigenvalue weighted by Crippen LogP contribution is 2.30. The molecule has 6 heteroatoms. The number of piperidine rings is 1. The van der Waals surface area contributed by atoms with E-state index in [4.69, 9.17) is 4.74 Å². The molecule has 3 rings (SSSR count). The molecule has 2 aromatic rings. The van der Waals surface area contributed by atoms with Crippen molar-refractivity contribution in [2.75, 3.05) is 13.1 Å². The van der Waals surface area contributed by atoms with Gasteiger partial charge in [0.05, 0.1) is 0 Å². The van der Waals surface area contributed by atoms with E-state index in [0.29, 0.717) is 24.8 Å². The summed E-state index contributed by atoms with van der Waals surface area (Å²) in [6.45, 7) is 9.26. The van der Waals surface area contributed by atoms with Crippen LogP contribution in [-0.2, 0) is 11.3 Å². The van der Waals surface area contributed by atoms with Gasteiger partial charge in [0.15, 0.2) is 5.60 Å². The molecule has 2 aromatic carbocycles. The molecule has 6 nitrogen and oxygen atoms in total. The number of carbonyl (C=O) groups excluding carboxylic acids is 1. The van der Waals surface area contributed by atoms with Gasteiger partial charge < -0.3 is 20.1 Å². The zero-order chi connectivity index (χ0) is 23.3. The van der Waals surface area contributed by atoms with Gasteiger partial charge in [0.1, 0.15) is 5.75 Å². The summed E-state index contributed by atoms with van der Waals surface area (Å²) in [6, 6.07) is 15.9. The lowest BCUT2D eigenvalue weighted by molar-refractivity contribution is -0.152. The predicted molar refractivity (Wildman–Crippen MR) is 125 cm³/mol. The quantitative estimate of drug-likeness (QED) is 0.627. The maximum atomic E-state index is 12.8. The van der Waals surface area contributed by atoms with Crippen molar-refractivity contribution in [3.8, 4) is 5.75 Å². The Kier molecular flexibility index (Phi) is 7.44. The molecule has 1 fully saturated rings. The second kappa shape index (κ2) is 10.1. The second-order valence-corrected chi connectivity index (χ2v) is 9.33.